The maximum absolute atomic E-state index is 13.6. The van der Waals surface area contributed by atoms with E-state index in [1.54, 1.807) is 49.4 Å². The van der Waals surface area contributed by atoms with Gasteiger partial charge >= 0.3 is 0 Å². The summed E-state index contributed by atoms with van der Waals surface area (Å²) in [6.45, 7) is 5.74. The van der Waals surface area contributed by atoms with E-state index in [0.717, 1.165) is 28.5 Å². The van der Waals surface area contributed by atoms with Crippen LogP contribution in [0.15, 0.2) is 71.6 Å². The van der Waals surface area contributed by atoms with Gasteiger partial charge in [0.1, 0.15) is 6.54 Å². The highest BCUT2D eigenvalue weighted by Gasteiger charge is 2.28. The number of nitrogens with one attached hydrogen (secondary N) is 1. The molecule has 3 aromatic carbocycles. The highest BCUT2D eigenvalue weighted by Crippen LogP contribution is 2.31. The Kier molecular flexibility index (Phi) is 8.21. The quantitative estimate of drug-likeness (QED) is 0.424. The number of halogens is 1. The molecule has 1 aliphatic heterocycles. The van der Waals surface area contributed by atoms with Crippen molar-refractivity contribution in [3.63, 3.8) is 0 Å². The Balaban J connectivity index is 1.50. The molecule has 6 nitrogen and oxygen atoms in total. The van der Waals surface area contributed by atoms with E-state index in [1.165, 1.54) is 24.9 Å². The first kappa shape index (κ1) is 26.0. The van der Waals surface area contributed by atoms with Gasteiger partial charge in [-0.2, -0.15) is 0 Å². The molecule has 0 atom stereocenters. The van der Waals surface area contributed by atoms with Crippen molar-refractivity contribution in [3.05, 3.63) is 88.4 Å². The average Bonchev–Trinajstić information content (AvgIpc) is 2.89. The second-order valence-electron chi connectivity index (χ2n) is 9.20. The van der Waals surface area contributed by atoms with Crippen LogP contribution in [0.2, 0.25) is 5.02 Å². The third-order valence-corrected chi connectivity index (χ3v) is 8.73. The van der Waals surface area contributed by atoms with Gasteiger partial charge in [0, 0.05) is 30.3 Å². The molecule has 0 bridgehead atoms. The standard InChI is InChI=1S/C28H32ClN3O3S/c1-21-9-15-25(16-10-21)36(34,35)32(27-8-6-7-26(29)22(27)2)20-28(33)30-19-23-11-13-24(14-12-23)31-17-4-3-5-18-31/h6-16H,3-5,17-20H2,1-2H3,(H,30,33). The van der Waals surface area contributed by atoms with Crippen molar-refractivity contribution in [2.45, 2.75) is 44.6 Å². The Bertz CT molecular complexity index is 1300. The fourth-order valence-electron chi connectivity index (χ4n) is 4.37. The molecule has 0 spiro atoms. The third-order valence-electron chi connectivity index (χ3n) is 6.55. The van der Waals surface area contributed by atoms with Crippen LogP contribution in [0, 0.1) is 13.8 Å². The first-order valence-corrected chi connectivity index (χ1v) is 14.0. The summed E-state index contributed by atoms with van der Waals surface area (Å²) in [5.41, 5.74) is 4.07. The molecular formula is C28H32ClN3O3S. The number of nitrogens with zero attached hydrogens (tertiary/aromatic N) is 2. The molecule has 36 heavy (non-hydrogen) atoms. The molecule has 0 saturated carbocycles. The van der Waals surface area contributed by atoms with Crippen LogP contribution in [-0.2, 0) is 21.4 Å². The van der Waals surface area contributed by atoms with Crippen molar-refractivity contribution in [3.8, 4) is 0 Å². The first-order chi connectivity index (χ1) is 17.3. The van der Waals surface area contributed by atoms with Gasteiger partial charge in [-0.3, -0.25) is 9.10 Å². The number of carbonyl (C=O) groups excluding carboxylic acids is 1. The molecule has 8 heteroatoms. The SMILES string of the molecule is Cc1ccc(S(=O)(=O)N(CC(=O)NCc2ccc(N3CCCCC3)cc2)c2cccc(Cl)c2C)cc1. The zero-order valence-corrected chi connectivity index (χ0v) is 22.3. The Morgan fingerprint density at radius 3 is 2.28 bits per heavy atom. The second-order valence-corrected chi connectivity index (χ2v) is 11.5. The second kappa shape index (κ2) is 11.4. The van der Waals surface area contributed by atoms with Gasteiger partial charge in [-0.05, 0) is 80.6 Å². The molecular weight excluding hydrogens is 494 g/mol. The maximum Gasteiger partial charge on any atom is 0.264 e. The highest BCUT2D eigenvalue weighted by atomic mass is 35.5. The fraction of sp³-hybridized carbons (Fsp3) is 0.321. The van der Waals surface area contributed by atoms with Crippen LogP contribution in [0.1, 0.15) is 36.0 Å². The van der Waals surface area contributed by atoms with Gasteiger partial charge in [-0.15, -0.1) is 0 Å². The number of carbonyl (C=O) groups is 1. The minimum absolute atomic E-state index is 0.119. The fourth-order valence-corrected chi connectivity index (χ4v) is 6.02. The number of anilines is 2. The summed E-state index contributed by atoms with van der Waals surface area (Å²) in [5.74, 6) is -0.398. The van der Waals surface area contributed by atoms with E-state index in [2.05, 4.69) is 22.3 Å². The van der Waals surface area contributed by atoms with Crippen LogP contribution in [0.3, 0.4) is 0 Å². The average molecular weight is 526 g/mol. The highest BCUT2D eigenvalue weighted by molar-refractivity contribution is 7.92. The van der Waals surface area contributed by atoms with E-state index in [-0.39, 0.29) is 11.4 Å². The molecule has 0 aliphatic carbocycles. The zero-order valence-electron chi connectivity index (χ0n) is 20.7. The summed E-state index contributed by atoms with van der Waals surface area (Å²) < 4.78 is 28.3. The number of aryl methyl sites for hydroxylation is 1. The van der Waals surface area contributed by atoms with Crippen molar-refractivity contribution >= 4 is 38.9 Å². The molecule has 1 N–H and O–H groups in total. The van der Waals surface area contributed by atoms with E-state index >= 15 is 0 Å². The van der Waals surface area contributed by atoms with E-state index in [4.69, 9.17) is 11.6 Å². The van der Waals surface area contributed by atoms with Gasteiger partial charge < -0.3 is 10.2 Å². The predicted molar refractivity (Wildman–Crippen MR) is 146 cm³/mol. The van der Waals surface area contributed by atoms with Crippen LogP contribution in [-0.4, -0.2) is 34.0 Å². The molecule has 1 amide bonds. The van der Waals surface area contributed by atoms with Gasteiger partial charge in [0.05, 0.1) is 10.6 Å². The van der Waals surface area contributed by atoms with Crippen LogP contribution < -0.4 is 14.5 Å². The van der Waals surface area contributed by atoms with Crippen molar-refractivity contribution in [1.29, 1.82) is 0 Å². The van der Waals surface area contributed by atoms with Gasteiger partial charge in [0.25, 0.3) is 10.0 Å². The molecule has 0 radical (unpaired) electrons. The van der Waals surface area contributed by atoms with Gasteiger partial charge in [-0.1, -0.05) is 47.5 Å². The summed E-state index contributed by atoms with van der Waals surface area (Å²) in [6.07, 6.45) is 3.71. The molecule has 4 rings (SSSR count). The Hall–Kier alpha value is -3.03. The number of rotatable bonds is 8. The summed E-state index contributed by atoms with van der Waals surface area (Å²) in [6, 6.07) is 19.8. The van der Waals surface area contributed by atoms with Gasteiger partial charge in [0.2, 0.25) is 5.91 Å². The lowest BCUT2D eigenvalue weighted by atomic mass is 10.1. The van der Waals surface area contributed by atoms with Crippen molar-refractivity contribution in [2.24, 2.45) is 0 Å². The minimum Gasteiger partial charge on any atom is -0.372 e. The first-order valence-electron chi connectivity index (χ1n) is 12.2. The number of benzene rings is 3. The Morgan fingerprint density at radius 2 is 1.61 bits per heavy atom. The summed E-state index contributed by atoms with van der Waals surface area (Å²) in [5, 5.41) is 3.31. The maximum atomic E-state index is 13.6. The lowest BCUT2D eigenvalue weighted by Crippen LogP contribution is -2.41. The van der Waals surface area contributed by atoms with Crippen LogP contribution in [0.25, 0.3) is 0 Å². The van der Waals surface area contributed by atoms with Crippen LogP contribution in [0.4, 0.5) is 11.4 Å². The van der Waals surface area contributed by atoms with E-state index in [9.17, 15) is 13.2 Å². The number of piperidine rings is 1. The molecule has 190 valence electrons. The molecule has 0 unspecified atom stereocenters. The van der Waals surface area contributed by atoms with Crippen molar-refractivity contribution in [2.75, 3.05) is 28.8 Å². The van der Waals surface area contributed by atoms with Crippen molar-refractivity contribution < 1.29 is 13.2 Å². The minimum atomic E-state index is -4.00. The third kappa shape index (κ3) is 6.02. The van der Waals surface area contributed by atoms with Crippen LogP contribution >= 0.6 is 11.6 Å². The van der Waals surface area contributed by atoms with E-state index < -0.39 is 15.9 Å². The number of hydrogen-bond acceptors (Lipinski definition) is 4. The van der Waals surface area contributed by atoms with Crippen molar-refractivity contribution in [1.82, 2.24) is 5.32 Å². The smallest absolute Gasteiger partial charge is 0.264 e. The number of amides is 1. The molecule has 1 fully saturated rings. The zero-order chi connectivity index (χ0) is 25.7. The summed E-state index contributed by atoms with van der Waals surface area (Å²) in [4.78, 5) is 15.5. The molecule has 3 aromatic rings. The van der Waals surface area contributed by atoms with Gasteiger partial charge in [-0.25, -0.2) is 8.42 Å². The number of hydrogen-bond donors (Lipinski definition) is 1. The molecule has 1 heterocycles. The number of sulfonamides is 1. The molecule has 0 aromatic heterocycles. The monoisotopic (exact) mass is 525 g/mol. The van der Waals surface area contributed by atoms with E-state index in [1.807, 2.05) is 19.1 Å². The lowest BCUT2D eigenvalue weighted by Gasteiger charge is -2.29. The van der Waals surface area contributed by atoms with Crippen LogP contribution in [0.5, 0.6) is 0 Å². The predicted octanol–water partition coefficient (Wildman–Crippen LogP) is 5.46. The lowest BCUT2D eigenvalue weighted by molar-refractivity contribution is -0.119. The summed E-state index contributed by atoms with van der Waals surface area (Å²) >= 11 is 6.30. The topological polar surface area (TPSA) is 69.7 Å². The molecule has 1 aliphatic rings. The Labute approximate surface area is 218 Å². The van der Waals surface area contributed by atoms with Gasteiger partial charge in [0.15, 0.2) is 0 Å². The summed E-state index contributed by atoms with van der Waals surface area (Å²) in [7, 11) is -4.00. The normalized spacial score (nSPS) is 13.9. The largest absolute Gasteiger partial charge is 0.372 e. The van der Waals surface area contributed by atoms with E-state index in [0.29, 0.717) is 22.8 Å². The Morgan fingerprint density at radius 1 is 0.944 bits per heavy atom. The molecule has 1 saturated heterocycles.